The zero-order chi connectivity index (χ0) is 21.4. The van der Waals surface area contributed by atoms with Crippen LogP contribution in [0.3, 0.4) is 0 Å². The average Bonchev–Trinajstić information content (AvgIpc) is 3.42. The zero-order valence-corrected chi connectivity index (χ0v) is 18.3. The van der Waals surface area contributed by atoms with Crippen LogP contribution in [0.15, 0.2) is 49.1 Å². The summed E-state index contributed by atoms with van der Waals surface area (Å²) in [5, 5.41) is 11.1. The highest BCUT2D eigenvalue weighted by atomic mass is 15.3. The summed E-state index contributed by atoms with van der Waals surface area (Å²) in [4.78, 5) is 9.22. The van der Waals surface area contributed by atoms with Crippen LogP contribution in [0.2, 0.25) is 0 Å². The molecule has 31 heavy (non-hydrogen) atoms. The number of benzene rings is 1. The molecule has 0 spiro atoms. The molecule has 0 saturated carbocycles. The van der Waals surface area contributed by atoms with E-state index >= 15 is 0 Å². The summed E-state index contributed by atoms with van der Waals surface area (Å²) in [5.41, 5.74) is 9.05. The summed E-state index contributed by atoms with van der Waals surface area (Å²) in [6.07, 6.45) is 9.54. The molecule has 4 aromatic rings. The third kappa shape index (κ3) is 3.78. The topological polar surface area (TPSA) is 72.3 Å². The second-order valence-corrected chi connectivity index (χ2v) is 8.81. The van der Waals surface area contributed by atoms with E-state index in [-0.39, 0.29) is 0 Å². The van der Waals surface area contributed by atoms with Gasteiger partial charge in [-0.3, -0.25) is 4.98 Å². The van der Waals surface area contributed by atoms with Gasteiger partial charge < -0.3 is 4.57 Å². The fraction of sp³-hybridized carbons (Fsp3) is 0.360. The number of hydrogen-bond donors (Lipinski definition) is 1. The number of hydrogen-bond acceptors (Lipinski definition) is 4. The Morgan fingerprint density at radius 2 is 2.03 bits per heavy atom. The molecule has 1 aliphatic rings. The molecule has 1 atom stereocenters. The molecule has 0 unspecified atom stereocenters. The lowest BCUT2D eigenvalue weighted by Gasteiger charge is -2.29. The second kappa shape index (κ2) is 8.10. The Morgan fingerprint density at radius 3 is 2.84 bits per heavy atom. The summed E-state index contributed by atoms with van der Waals surface area (Å²) in [5.74, 6) is 1.07. The van der Waals surface area contributed by atoms with Crippen LogP contribution in [0.4, 0.5) is 0 Å². The van der Waals surface area contributed by atoms with Gasteiger partial charge in [0.05, 0.1) is 17.7 Å². The lowest BCUT2D eigenvalue weighted by Crippen LogP contribution is -2.17. The highest BCUT2D eigenvalue weighted by Crippen LogP contribution is 2.38. The fourth-order valence-corrected chi connectivity index (χ4v) is 4.84. The van der Waals surface area contributed by atoms with Crippen LogP contribution in [0.1, 0.15) is 60.9 Å². The van der Waals surface area contributed by atoms with E-state index in [9.17, 15) is 0 Å². The van der Waals surface area contributed by atoms with E-state index in [0.29, 0.717) is 11.8 Å². The van der Waals surface area contributed by atoms with Gasteiger partial charge >= 0.3 is 0 Å². The second-order valence-electron chi connectivity index (χ2n) is 8.81. The number of imidazole rings is 1. The van der Waals surface area contributed by atoms with Crippen LogP contribution >= 0.6 is 0 Å². The van der Waals surface area contributed by atoms with Crippen LogP contribution < -0.4 is 0 Å². The lowest BCUT2D eigenvalue weighted by atomic mass is 9.78. The predicted molar refractivity (Wildman–Crippen MR) is 122 cm³/mol. The van der Waals surface area contributed by atoms with Crippen LogP contribution in [0, 0.1) is 6.92 Å². The van der Waals surface area contributed by atoms with Gasteiger partial charge in [0.1, 0.15) is 11.4 Å². The third-order valence-corrected chi connectivity index (χ3v) is 6.34. The minimum atomic E-state index is 0.529. The van der Waals surface area contributed by atoms with Crippen molar-refractivity contribution in [1.82, 2.24) is 29.9 Å². The summed E-state index contributed by atoms with van der Waals surface area (Å²) in [6.45, 7) is 7.49. The van der Waals surface area contributed by atoms with Gasteiger partial charge in [-0.05, 0) is 60.9 Å². The Bertz CT molecular complexity index is 1200. The van der Waals surface area contributed by atoms with E-state index in [0.717, 1.165) is 34.9 Å². The highest BCUT2D eigenvalue weighted by molar-refractivity contribution is 5.67. The summed E-state index contributed by atoms with van der Waals surface area (Å²) >= 11 is 0. The molecular weight excluding hydrogens is 384 g/mol. The Labute approximate surface area is 182 Å². The highest BCUT2D eigenvalue weighted by Gasteiger charge is 2.24. The van der Waals surface area contributed by atoms with Crippen LogP contribution in [0.25, 0.3) is 22.6 Å². The summed E-state index contributed by atoms with van der Waals surface area (Å²) < 4.78 is 2.22. The van der Waals surface area contributed by atoms with Crippen LogP contribution in [-0.4, -0.2) is 29.9 Å². The van der Waals surface area contributed by atoms with Gasteiger partial charge in [-0.2, -0.15) is 15.4 Å². The Kier molecular flexibility index (Phi) is 5.14. The van der Waals surface area contributed by atoms with Crippen molar-refractivity contribution in [2.45, 2.75) is 58.4 Å². The standard InChI is InChI=1S/C25H28N6/c1-16(2)21-9-5-7-18-6-4-8-20(24(18)21)13-31-14-23(27-15-31)22-12-19(10-11-26-22)25-17(3)28-30-29-25/h5,7,9-12,14-16,20H,4,6,8,13H2,1-3H3,(H,28,29,30)/t20-/m1/s1. The van der Waals surface area contributed by atoms with E-state index < -0.39 is 0 Å². The molecule has 3 heterocycles. The molecule has 0 bridgehead atoms. The number of aromatic nitrogens is 6. The Balaban J connectivity index is 1.42. The molecule has 6 heteroatoms. The fourth-order valence-electron chi connectivity index (χ4n) is 4.84. The lowest BCUT2D eigenvalue weighted by molar-refractivity contribution is 0.477. The van der Waals surface area contributed by atoms with Crippen LogP contribution in [-0.2, 0) is 13.0 Å². The van der Waals surface area contributed by atoms with Crippen molar-refractivity contribution in [2.24, 2.45) is 0 Å². The first-order valence-corrected chi connectivity index (χ1v) is 11.1. The largest absolute Gasteiger partial charge is 0.336 e. The molecule has 0 fully saturated rings. The molecule has 3 aromatic heterocycles. The molecule has 0 amide bonds. The molecule has 0 aliphatic heterocycles. The number of nitrogens with one attached hydrogen (secondary N) is 1. The van der Waals surface area contributed by atoms with Crippen LogP contribution in [0.5, 0.6) is 0 Å². The van der Waals surface area contributed by atoms with E-state index in [4.69, 9.17) is 0 Å². The summed E-state index contributed by atoms with van der Waals surface area (Å²) in [7, 11) is 0. The molecule has 158 valence electrons. The normalized spacial score (nSPS) is 15.9. The number of aromatic amines is 1. The van der Waals surface area contributed by atoms with Gasteiger partial charge in [-0.15, -0.1) is 0 Å². The van der Waals surface area contributed by atoms with E-state index in [1.165, 1.54) is 30.4 Å². The Morgan fingerprint density at radius 1 is 1.13 bits per heavy atom. The molecule has 0 saturated heterocycles. The molecule has 6 nitrogen and oxygen atoms in total. The van der Waals surface area contributed by atoms with Crippen molar-refractivity contribution < 1.29 is 0 Å². The van der Waals surface area contributed by atoms with Crippen molar-refractivity contribution in [3.8, 4) is 22.6 Å². The first kappa shape index (κ1) is 19.7. The number of fused-ring (bicyclic) bond motifs is 1. The van der Waals surface area contributed by atoms with Gasteiger partial charge in [-0.25, -0.2) is 4.98 Å². The average molecular weight is 413 g/mol. The molecule has 5 rings (SSSR count). The quantitative estimate of drug-likeness (QED) is 0.484. The maximum Gasteiger partial charge on any atom is 0.115 e. The smallest absolute Gasteiger partial charge is 0.115 e. The monoisotopic (exact) mass is 412 g/mol. The molecule has 1 aliphatic carbocycles. The van der Waals surface area contributed by atoms with Gasteiger partial charge in [-0.1, -0.05) is 32.0 Å². The minimum Gasteiger partial charge on any atom is -0.336 e. The van der Waals surface area contributed by atoms with E-state index in [1.807, 2.05) is 31.6 Å². The maximum absolute atomic E-state index is 4.67. The predicted octanol–water partition coefficient (Wildman–Crippen LogP) is 5.28. The molecule has 0 radical (unpaired) electrons. The first-order chi connectivity index (χ1) is 15.1. The van der Waals surface area contributed by atoms with Crippen molar-refractivity contribution in [1.29, 1.82) is 0 Å². The third-order valence-electron chi connectivity index (χ3n) is 6.34. The van der Waals surface area contributed by atoms with Gasteiger partial charge in [0, 0.05) is 30.4 Å². The Hall–Kier alpha value is -3.28. The number of pyridine rings is 1. The zero-order valence-electron chi connectivity index (χ0n) is 18.3. The first-order valence-electron chi connectivity index (χ1n) is 11.1. The van der Waals surface area contributed by atoms with Crippen molar-refractivity contribution in [3.05, 3.63) is 71.4 Å². The van der Waals surface area contributed by atoms with Crippen molar-refractivity contribution >= 4 is 0 Å². The van der Waals surface area contributed by atoms with E-state index in [2.05, 4.69) is 68.2 Å². The number of rotatable bonds is 5. The molecule has 1 N–H and O–H groups in total. The number of H-pyrrole nitrogens is 1. The maximum atomic E-state index is 4.67. The number of nitrogens with zero attached hydrogens (tertiary/aromatic N) is 5. The van der Waals surface area contributed by atoms with Gasteiger partial charge in [0.2, 0.25) is 0 Å². The van der Waals surface area contributed by atoms with Gasteiger partial charge in [0.25, 0.3) is 0 Å². The van der Waals surface area contributed by atoms with E-state index in [1.54, 1.807) is 5.56 Å². The van der Waals surface area contributed by atoms with Crippen molar-refractivity contribution in [2.75, 3.05) is 0 Å². The summed E-state index contributed by atoms with van der Waals surface area (Å²) in [6, 6.07) is 10.8. The number of aryl methyl sites for hydroxylation is 2. The van der Waals surface area contributed by atoms with Crippen molar-refractivity contribution in [3.63, 3.8) is 0 Å². The molecular formula is C25H28N6. The van der Waals surface area contributed by atoms with Gasteiger partial charge in [0.15, 0.2) is 0 Å². The molecule has 1 aromatic carbocycles. The minimum absolute atomic E-state index is 0.529. The SMILES string of the molecule is Cc1n[nH]nc1-c1ccnc(-c2cn(C[C@H]3CCCc4cccc(C(C)C)c43)cn2)c1.